The molecule has 4 heterocycles. The van der Waals surface area contributed by atoms with Crippen LogP contribution in [0.4, 0.5) is 19.0 Å². The zero-order chi connectivity index (χ0) is 24.0. The second kappa shape index (κ2) is 8.30. The third kappa shape index (κ3) is 4.29. The number of pyridine rings is 1. The highest BCUT2D eigenvalue weighted by Gasteiger charge is 2.47. The summed E-state index contributed by atoms with van der Waals surface area (Å²) in [7, 11) is 0. The number of nitrogens with zero attached hydrogens (tertiary/aromatic N) is 6. The van der Waals surface area contributed by atoms with Crippen LogP contribution in [0.3, 0.4) is 0 Å². The smallest absolute Gasteiger partial charge is 0.382 e. The van der Waals surface area contributed by atoms with Gasteiger partial charge < -0.3 is 10.6 Å². The summed E-state index contributed by atoms with van der Waals surface area (Å²) < 4.78 is 39.6. The molecule has 0 bridgehead atoms. The number of rotatable bonds is 4. The van der Waals surface area contributed by atoms with Gasteiger partial charge in [0.1, 0.15) is 11.5 Å². The zero-order valence-corrected chi connectivity index (χ0v) is 18.3. The predicted octanol–water partition coefficient (Wildman–Crippen LogP) is 3.33. The van der Waals surface area contributed by atoms with Crippen molar-refractivity contribution in [1.29, 1.82) is 0 Å². The zero-order valence-electron chi connectivity index (χ0n) is 18.3. The summed E-state index contributed by atoms with van der Waals surface area (Å²) in [5, 5.41) is 6.69. The number of hydrogen-bond acceptors (Lipinski definition) is 7. The summed E-state index contributed by atoms with van der Waals surface area (Å²) in [6.45, 7) is 2.31. The number of carbonyl (C=O) groups excluding carboxylic acids is 1. The summed E-state index contributed by atoms with van der Waals surface area (Å²) in [6.07, 6.45) is 0.382. The molecule has 0 spiro atoms. The van der Waals surface area contributed by atoms with E-state index in [0.29, 0.717) is 41.9 Å². The first-order valence-electron chi connectivity index (χ1n) is 11.0. The molecular formula is C23H22F3N7O. The van der Waals surface area contributed by atoms with Crippen LogP contribution in [0.25, 0.3) is 11.4 Å². The summed E-state index contributed by atoms with van der Waals surface area (Å²) >= 11 is 0. The fourth-order valence-corrected chi connectivity index (χ4v) is 4.61. The van der Waals surface area contributed by atoms with Gasteiger partial charge in [-0.1, -0.05) is 0 Å². The first-order valence-corrected chi connectivity index (χ1v) is 11.0. The molecular weight excluding hydrogens is 447 g/mol. The van der Waals surface area contributed by atoms with Crippen LogP contribution in [0.2, 0.25) is 0 Å². The summed E-state index contributed by atoms with van der Waals surface area (Å²) in [5.41, 5.74) is 6.41. The standard InChI is InChI=1S/C23H22F3N7O/c1-12-3-4-17(21-28-5-2-6-29-21)19(30-12)22(34)33-11-15-7-13(15)8-16(33)9-14-10-18(23(24,25)26)31-32-20(14)27/h2-6,10,13,15-16H,7-9,11H2,1H3,(H2,27,32)/t13-,15+,16+/m1/s1. The van der Waals surface area contributed by atoms with E-state index in [1.165, 1.54) is 0 Å². The van der Waals surface area contributed by atoms with Crippen molar-refractivity contribution in [3.8, 4) is 11.4 Å². The third-order valence-corrected chi connectivity index (χ3v) is 6.47. The average molecular weight is 469 g/mol. The maximum absolute atomic E-state index is 13.8. The van der Waals surface area contributed by atoms with Gasteiger partial charge in [0, 0.05) is 36.2 Å². The number of aromatic nitrogens is 5. The van der Waals surface area contributed by atoms with Gasteiger partial charge in [0.15, 0.2) is 11.5 Å². The van der Waals surface area contributed by atoms with Gasteiger partial charge >= 0.3 is 6.18 Å². The molecule has 8 nitrogen and oxygen atoms in total. The molecule has 2 fully saturated rings. The van der Waals surface area contributed by atoms with Crippen molar-refractivity contribution in [3.05, 3.63) is 59.3 Å². The number of nitrogen functional groups attached to an aromatic ring is 1. The van der Waals surface area contributed by atoms with Crippen LogP contribution in [0, 0.1) is 18.8 Å². The third-order valence-electron chi connectivity index (χ3n) is 6.47. The molecule has 1 amide bonds. The minimum atomic E-state index is -4.63. The van der Waals surface area contributed by atoms with Gasteiger partial charge in [-0.05, 0) is 62.3 Å². The van der Waals surface area contributed by atoms with E-state index in [2.05, 4.69) is 25.1 Å². The molecule has 0 aromatic carbocycles. The Hall–Kier alpha value is -3.63. The van der Waals surface area contributed by atoms with Gasteiger partial charge in [-0.2, -0.15) is 13.2 Å². The normalized spacial score (nSPS) is 21.8. The molecule has 3 atom stereocenters. The molecule has 11 heteroatoms. The monoisotopic (exact) mass is 469 g/mol. The Labute approximate surface area is 193 Å². The lowest BCUT2D eigenvalue weighted by Crippen LogP contribution is -2.46. The number of amides is 1. The number of alkyl halides is 3. The minimum absolute atomic E-state index is 0.0645. The molecule has 3 aromatic heterocycles. The van der Waals surface area contributed by atoms with Crippen LogP contribution < -0.4 is 5.73 Å². The molecule has 5 rings (SSSR count). The number of halogens is 3. The molecule has 0 radical (unpaired) electrons. The van der Waals surface area contributed by atoms with Gasteiger partial charge in [0.05, 0.1) is 5.56 Å². The minimum Gasteiger partial charge on any atom is -0.382 e. The van der Waals surface area contributed by atoms with Crippen LogP contribution in [0.1, 0.15) is 40.3 Å². The van der Waals surface area contributed by atoms with E-state index >= 15 is 0 Å². The fraction of sp³-hybridized carbons (Fsp3) is 0.391. The summed E-state index contributed by atoms with van der Waals surface area (Å²) in [4.78, 5) is 28.5. The second-order valence-electron chi connectivity index (χ2n) is 8.87. The van der Waals surface area contributed by atoms with Crippen molar-refractivity contribution in [1.82, 2.24) is 30.0 Å². The molecule has 1 aliphatic heterocycles. The quantitative estimate of drug-likeness (QED) is 0.624. The molecule has 3 aromatic rings. The van der Waals surface area contributed by atoms with E-state index in [0.717, 1.165) is 12.5 Å². The van der Waals surface area contributed by atoms with Crippen LogP contribution in [-0.4, -0.2) is 48.5 Å². The van der Waals surface area contributed by atoms with Crippen LogP contribution in [0.15, 0.2) is 36.7 Å². The number of fused-ring (bicyclic) bond motifs is 1. The molecule has 176 valence electrons. The van der Waals surface area contributed by atoms with E-state index in [1.54, 1.807) is 42.4 Å². The Morgan fingerprint density at radius 2 is 1.91 bits per heavy atom. The highest BCUT2D eigenvalue weighted by Crippen LogP contribution is 2.48. The number of hydrogen-bond donors (Lipinski definition) is 1. The molecule has 34 heavy (non-hydrogen) atoms. The second-order valence-corrected chi connectivity index (χ2v) is 8.87. The van der Waals surface area contributed by atoms with Crippen molar-refractivity contribution in [3.63, 3.8) is 0 Å². The first kappa shape index (κ1) is 22.2. The first-order chi connectivity index (χ1) is 16.2. The van der Waals surface area contributed by atoms with Gasteiger partial charge in [-0.3, -0.25) is 4.79 Å². The van der Waals surface area contributed by atoms with E-state index in [4.69, 9.17) is 5.73 Å². The lowest BCUT2D eigenvalue weighted by atomic mass is 9.94. The lowest BCUT2D eigenvalue weighted by molar-refractivity contribution is -0.141. The van der Waals surface area contributed by atoms with Crippen molar-refractivity contribution in [2.24, 2.45) is 11.8 Å². The fourth-order valence-electron chi connectivity index (χ4n) is 4.61. The summed E-state index contributed by atoms with van der Waals surface area (Å²) in [6, 6.07) is 5.83. The van der Waals surface area contributed by atoms with Crippen LogP contribution in [-0.2, 0) is 12.6 Å². The van der Waals surface area contributed by atoms with Crippen molar-refractivity contribution < 1.29 is 18.0 Å². The van der Waals surface area contributed by atoms with Crippen LogP contribution in [0.5, 0.6) is 0 Å². The molecule has 1 saturated heterocycles. The average Bonchev–Trinajstić information content (AvgIpc) is 3.57. The number of nitrogens with two attached hydrogens (primary N) is 1. The van der Waals surface area contributed by atoms with Crippen molar-refractivity contribution >= 4 is 11.7 Å². The molecule has 1 saturated carbocycles. The van der Waals surface area contributed by atoms with Gasteiger partial charge in [-0.25, -0.2) is 15.0 Å². The number of likely N-dealkylation sites (tertiary alicyclic amines) is 1. The molecule has 2 aliphatic rings. The van der Waals surface area contributed by atoms with E-state index in [9.17, 15) is 18.0 Å². The lowest BCUT2D eigenvalue weighted by Gasteiger charge is -2.36. The highest BCUT2D eigenvalue weighted by molar-refractivity contribution is 5.98. The van der Waals surface area contributed by atoms with Crippen LogP contribution >= 0.6 is 0 Å². The Balaban J connectivity index is 1.49. The highest BCUT2D eigenvalue weighted by atomic mass is 19.4. The summed E-state index contributed by atoms with van der Waals surface area (Å²) in [5.74, 6) is 0.867. The van der Waals surface area contributed by atoms with Gasteiger partial charge in [0.25, 0.3) is 5.91 Å². The number of piperidine rings is 1. The predicted molar refractivity (Wildman–Crippen MR) is 116 cm³/mol. The largest absolute Gasteiger partial charge is 0.435 e. The maximum atomic E-state index is 13.8. The number of anilines is 1. The van der Waals surface area contributed by atoms with Crippen molar-refractivity contribution in [2.75, 3.05) is 12.3 Å². The van der Waals surface area contributed by atoms with Crippen molar-refractivity contribution in [2.45, 2.75) is 38.4 Å². The molecule has 1 aliphatic carbocycles. The number of aryl methyl sites for hydroxylation is 1. The van der Waals surface area contributed by atoms with E-state index in [-0.39, 0.29) is 35.4 Å². The molecule has 0 unspecified atom stereocenters. The molecule has 2 N–H and O–H groups in total. The maximum Gasteiger partial charge on any atom is 0.435 e. The van der Waals surface area contributed by atoms with E-state index in [1.807, 2.05) is 0 Å². The number of carbonyl (C=O) groups is 1. The van der Waals surface area contributed by atoms with Gasteiger partial charge in [-0.15, -0.1) is 10.2 Å². The Morgan fingerprint density at radius 3 is 2.65 bits per heavy atom. The SMILES string of the molecule is Cc1ccc(-c2ncccn2)c(C(=O)N2C[C@@H]3C[C@@H]3C[C@H]2Cc2cc(C(F)(F)F)nnc2N)n1. The Kier molecular flexibility index (Phi) is 5.41. The van der Waals surface area contributed by atoms with Gasteiger partial charge in [0.2, 0.25) is 0 Å². The topological polar surface area (TPSA) is 111 Å². The van der Waals surface area contributed by atoms with E-state index < -0.39 is 11.9 Å². The Bertz CT molecular complexity index is 1230. The Morgan fingerprint density at radius 1 is 1.15 bits per heavy atom.